The highest BCUT2D eigenvalue weighted by atomic mass is 16.5. The number of rotatable bonds is 2. The number of esters is 1. The second-order valence-electron chi connectivity index (χ2n) is 4.54. The van der Waals surface area contributed by atoms with Gasteiger partial charge in [0.05, 0.1) is 12.2 Å². The monoisotopic (exact) mass is 221 g/mol. The van der Waals surface area contributed by atoms with Crippen LogP contribution in [0.15, 0.2) is 23.9 Å². The van der Waals surface area contributed by atoms with Crippen molar-refractivity contribution in [3.63, 3.8) is 0 Å². The highest BCUT2D eigenvalue weighted by Gasteiger charge is 2.33. The molecule has 0 fully saturated rings. The molecule has 16 heavy (non-hydrogen) atoms. The van der Waals surface area contributed by atoms with E-state index in [2.05, 4.69) is 17.1 Å². The highest BCUT2D eigenvalue weighted by molar-refractivity contribution is 5.89. The van der Waals surface area contributed by atoms with E-state index in [0.717, 1.165) is 18.5 Å². The quantitative estimate of drug-likeness (QED) is 0.527. The molecule has 0 unspecified atom stereocenters. The van der Waals surface area contributed by atoms with Crippen LogP contribution < -0.4 is 0 Å². The molecule has 88 valence electrons. The molecule has 0 bridgehead atoms. The summed E-state index contributed by atoms with van der Waals surface area (Å²) in [6.45, 7) is 3.33. The van der Waals surface area contributed by atoms with Crippen molar-refractivity contribution in [1.82, 2.24) is 4.90 Å². The summed E-state index contributed by atoms with van der Waals surface area (Å²) in [5, 5.41) is 0. The maximum Gasteiger partial charge on any atom is 0.336 e. The maximum atomic E-state index is 11.8. The Hall–Kier alpha value is -1.25. The average molecular weight is 221 g/mol. The smallest absolute Gasteiger partial charge is 0.336 e. The van der Waals surface area contributed by atoms with E-state index in [1.54, 1.807) is 0 Å². The van der Waals surface area contributed by atoms with Crippen LogP contribution in [-0.2, 0) is 9.53 Å². The van der Waals surface area contributed by atoms with Gasteiger partial charge in [-0.15, -0.1) is 0 Å². The lowest BCUT2D eigenvalue weighted by Crippen LogP contribution is -2.36. The first kappa shape index (κ1) is 11.2. The molecule has 2 atom stereocenters. The maximum absolute atomic E-state index is 11.8. The van der Waals surface area contributed by atoms with Crippen LogP contribution >= 0.6 is 0 Å². The van der Waals surface area contributed by atoms with Crippen molar-refractivity contribution in [1.29, 1.82) is 0 Å². The van der Waals surface area contributed by atoms with Crippen LogP contribution in [0.1, 0.15) is 19.8 Å². The molecule has 0 saturated carbocycles. The van der Waals surface area contributed by atoms with Gasteiger partial charge in [-0.1, -0.05) is 12.2 Å². The van der Waals surface area contributed by atoms with Gasteiger partial charge in [0.1, 0.15) is 0 Å². The third-order valence-corrected chi connectivity index (χ3v) is 3.31. The van der Waals surface area contributed by atoms with E-state index in [9.17, 15) is 4.79 Å². The molecule has 0 spiro atoms. The fourth-order valence-corrected chi connectivity index (χ4v) is 2.60. The Morgan fingerprint density at radius 2 is 2.44 bits per heavy atom. The number of ether oxygens (including phenoxy) is 1. The van der Waals surface area contributed by atoms with Crippen LogP contribution in [0.25, 0.3) is 0 Å². The van der Waals surface area contributed by atoms with Crippen molar-refractivity contribution in [2.24, 2.45) is 11.8 Å². The summed E-state index contributed by atoms with van der Waals surface area (Å²) in [6.07, 6.45) is 8.59. The van der Waals surface area contributed by atoms with Gasteiger partial charge in [-0.2, -0.15) is 0 Å². The van der Waals surface area contributed by atoms with Crippen LogP contribution in [0.2, 0.25) is 0 Å². The minimum atomic E-state index is -0.157. The predicted molar refractivity (Wildman–Crippen MR) is 62.7 cm³/mol. The molecule has 0 amide bonds. The largest absolute Gasteiger partial charge is 0.463 e. The number of nitrogens with zero attached hydrogens (tertiary/aromatic N) is 1. The van der Waals surface area contributed by atoms with E-state index in [1.165, 1.54) is 6.42 Å². The zero-order valence-electron chi connectivity index (χ0n) is 9.98. The second-order valence-corrected chi connectivity index (χ2v) is 4.54. The van der Waals surface area contributed by atoms with Crippen LogP contribution in [0, 0.1) is 11.8 Å². The molecular formula is C13H19NO2. The SMILES string of the molecule is CCOC(=O)C1=CN(C)C[C@H]2CCC=C[C@@H]12. The molecule has 0 aromatic carbocycles. The second kappa shape index (κ2) is 4.73. The first-order chi connectivity index (χ1) is 7.72. The molecule has 1 aliphatic heterocycles. The van der Waals surface area contributed by atoms with Crippen LogP contribution in [-0.4, -0.2) is 31.1 Å². The van der Waals surface area contributed by atoms with Crippen LogP contribution in [0.5, 0.6) is 0 Å². The third kappa shape index (κ3) is 2.13. The molecule has 3 nitrogen and oxygen atoms in total. The molecule has 0 aromatic rings. The molecule has 0 saturated heterocycles. The van der Waals surface area contributed by atoms with Gasteiger partial charge < -0.3 is 9.64 Å². The first-order valence-corrected chi connectivity index (χ1v) is 5.98. The number of hydrogen-bond donors (Lipinski definition) is 0. The predicted octanol–water partition coefficient (Wildman–Crippen LogP) is 1.96. The summed E-state index contributed by atoms with van der Waals surface area (Å²) >= 11 is 0. The summed E-state index contributed by atoms with van der Waals surface area (Å²) in [4.78, 5) is 14.0. The lowest BCUT2D eigenvalue weighted by Gasteiger charge is -2.36. The minimum absolute atomic E-state index is 0.157. The fraction of sp³-hybridized carbons (Fsp3) is 0.615. The Bertz CT molecular complexity index is 333. The van der Waals surface area contributed by atoms with E-state index in [-0.39, 0.29) is 11.9 Å². The molecule has 0 aromatic heterocycles. The topological polar surface area (TPSA) is 29.5 Å². The Balaban J connectivity index is 2.22. The van der Waals surface area contributed by atoms with Gasteiger partial charge in [-0.3, -0.25) is 0 Å². The summed E-state index contributed by atoms with van der Waals surface area (Å²) in [6, 6.07) is 0. The standard InChI is InChI=1S/C13H19NO2/c1-3-16-13(15)12-9-14(2)8-10-6-4-5-7-11(10)12/h5,7,9-11H,3-4,6,8H2,1-2H3/t10-,11-/m1/s1. The molecule has 2 rings (SSSR count). The lowest BCUT2D eigenvalue weighted by molar-refractivity contribution is -0.139. The fourth-order valence-electron chi connectivity index (χ4n) is 2.60. The number of hydrogen-bond acceptors (Lipinski definition) is 3. The van der Waals surface area contributed by atoms with E-state index in [4.69, 9.17) is 4.74 Å². The lowest BCUT2D eigenvalue weighted by atomic mass is 9.77. The van der Waals surface area contributed by atoms with E-state index >= 15 is 0 Å². The van der Waals surface area contributed by atoms with Crippen molar-refractivity contribution in [2.45, 2.75) is 19.8 Å². The van der Waals surface area contributed by atoms with Gasteiger partial charge in [0, 0.05) is 25.7 Å². The van der Waals surface area contributed by atoms with E-state index in [0.29, 0.717) is 12.5 Å². The molecule has 2 aliphatic rings. The number of carbonyl (C=O) groups excluding carboxylic acids is 1. The number of carbonyl (C=O) groups is 1. The average Bonchev–Trinajstić information content (AvgIpc) is 2.28. The van der Waals surface area contributed by atoms with E-state index < -0.39 is 0 Å². The molecular weight excluding hydrogens is 202 g/mol. The van der Waals surface area contributed by atoms with Crippen molar-refractivity contribution >= 4 is 5.97 Å². The zero-order valence-corrected chi connectivity index (χ0v) is 9.98. The van der Waals surface area contributed by atoms with Crippen molar-refractivity contribution in [3.8, 4) is 0 Å². The molecule has 3 heteroatoms. The Morgan fingerprint density at radius 3 is 3.19 bits per heavy atom. The normalized spacial score (nSPS) is 28.4. The summed E-state index contributed by atoms with van der Waals surface area (Å²) in [7, 11) is 2.02. The van der Waals surface area contributed by atoms with Gasteiger partial charge in [-0.25, -0.2) is 4.79 Å². The molecule has 1 heterocycles. The minimum Gasteiger partial charge on any atom is -0.463 e. The van der Waals surface area contributed by atoms with Crippen molar-refractivity contribution < 1.29 is 9.53 Å². The zero-order chi connectivity index (χ0) is 11.5. The van der Waals surface area contributed by atoms with Crippen LogP contribution in [0.3, 0.4) is 0 Å². The van der Waals surface area contributed by atoms with Crippen molar-refractivity contribution in [2.75, 3.05) is 20.2 Å². The van der Waals surface area contributed by atoms with Gasteiger partial charge in [0.25, 0.3) is 0 Å². The first-order valence-electron chi connectivity index (χ1n) is 5.98. The Labute approximate surface area is 96.8 Å². The van der Waals surface area contributed by atoms with Gasteiger partial charge in [0.2, 0.25) is 0 Å². The summed E-state index contributed by atoms with van der Waals surface area (Å²) < 4.78 is 5.11. The molecule has 0 radical (unpaired) electrons. The third-order valence-electron chi connectivity index (χ3n) is 3.31. The Morgan fingerprint density at radius 1 is 1.62 bits per heavy atom. The summed E-state index contributed by atoms with van der Waals surface area (Å²) in [5.74, 6) is 0.680. The van der Waals surface area contributed by atoms with Gasteiger partial charge in [-0.05, 0) is 25.7 Å². The van der Waals surface area contributed by atoms with Gasteiger partial charge >= 0.3 is 5.97 Å². The molecule has 1 aliphatic carbocycles. The van der Waals surface area contributed by atoms with Crippen LogP contribution in [0.4, 0.5) is 0 Å². The Kier molecular flexibility index (Phi) is 3.32. The highest BCUT2D eigenvalue weighted by Crippen LogP contribution is 2.35. The van der Waals surface area contributed by atoms with E-state index in [1.807, 2.05) is 20.2 Å². The van der Waals surface area contributed by atoms with Crippen molar-refractivity contribution in [3.05, 3.63) is 23.9 Å². The summed E-state index contributed by atoms with van der Waals surface area (Å²) in [5.41, 5.74) is 0.816. The molecule has 0 N–H and O–H groups in total. The number of allylic oxidation sites excluding steroid dienone is 2. The van der Waals surface area contributed by atoms with Gasteiger partial charge in [0.15, 0.2) is 0 Å². The number of fused-ring (bicyclic) bond motifs is 1.